The smallest absolute Gasteiger partial charge is 0.306 e. The molecule has 1 N–H and O–H groups in total. The molecule has 1 aromatic heterocycles. The van der Waals surface area contributed by atoms with E-state index in [2.05, 4.69) is 47.4 Å². The van der Waals surface area contributed by atoms with E-state index in [9.17, 15) is 9.90 Å². The fourth-order valence-electron chi connectivity index (χ4n) is 4.74. The number of fused-ring (bicyclic) bond motifs is 1. The van der Waals surface area contributed by atoms with Crippen molar-refractivity contribution in [1.29, 1.82) is 0 Å². The number of aliphatic carboxylic acids is 1. The van der Waals surface area contributed by atoms with Gasteiger partial charge in [-0.3, -0.25) is 4.79 Å². The number of pyridine rings is 1. The number of carbonyl (C=O) groups is 1. The minimum absolute atomic E-state index is 0.254. The quantitative estimate of drug-likeness (QED) is 0.374. The molecule has 5 nitrogen and oxygen atoms in total. The third kappa shape index (κ3) is 4.34. The Morgan fingerprint density at radius 2 is 1.65 bits per heavy atom. The zero-order chi connectivity index (χ0) is 23.5. The minimum atomic E-state index is -0.689. The molecule has 0 amide bonds. The summed E-state index contributed by atoms with van der Waals surface area (Å²) < 4.78 is 5.81. The Kier molecular flexibility index (Phi) is 6.17. The van der Waals surface area contributed by atoms with Gasteiger partial charge in [0, 0.05) is 35.3 Å². The number of hydrogen-bond donors (Lipinski definition) is 1. The molecule has 0 spiro atoms. The van der Waals surface area contributed by atoms with Crippen LogP contribution >= 0.6 is 0 Å². The number of nitrogens with zero attached hydrogens (tertiary/aromatic N) is 2. The second-order valence-corrected chi connectivity index (χ2v) is 8.65. The first kappa shape index (κ1) is 22.0. The topological polar surface area (TPSA) is 62.7 Å². The number of aromatic nitrogens is 1. The van der Waals surface area contributed by atoms with Gasteiger partial charge >= 0.3 is 5.97 Å². The van der Waals surface area contributed by atoms with Crippen LogP contribution in [0.25, 0.3) is 33.3 Å². The Morgan fingerprint density at radius 3 is 2.38 bits per heavy atom. The average molecular weight is 453 g/mol. The largest absolute Gasteiger partial charge is 0.493 e. The molecule has 0 atom stereocenters. The van der Waals surface area contributed by atoms with Crippen LogP contribution in [0.5, 0.6) is 5.75 Å². The lowest BCUT2D eigenvalue weighted by Crippen LogP contribution is -2.36. The van der Waals surface area contributed by atoms with E-state index in [1.165, 1.54) is 0 Å². The summed E-state index contributed by atoms with van der Waals surface area (Å²) in [6.45, 7) is 4.09. The molecule has 1 saturated heterocycles. The van der Waals surface area contributed by atoms with Crippen LogP contribution in [0.4, 0.5) is 5.69 Å². The lowest BCUT2D eigenvalue weighted by molar-refractivity contribution is -0.142. The molecular weight excluding hydrogens is 424 g/mol. The van der Waals surface area contributed by atoms with Crippen LogP contribution < -0.4 is 9.64 Å². The molecule has 5 heteroatoms. The van der Waals surface area contributed by atoms with Gasteiger partial charge in [0.25, 0.3) is 0 Å². The van der Waals surface area contributed by atoms with Crippen molar-refractivity contribution < 1.29 is 14.6 Å². The molecule has 0 unspecified atom stereocenters. The first-order valence-corrected chi connectivity index (χ1v) is 11.8. The number of piperidine rings is 1. The van der Waals surface area contributed by atoms with E-state index in [-0.39, 0.29) is 5.92 Å². The van der Waals surface area contributed by atoms with E-state index in [4.69, 9.17) is 9.72 Å². The molecule has 2 heterocycles. The number of carboxylic acid groups (broad SMARTS) is 1. The summed E-state index contributed by atoms with van der Waals surface area (Å²) in [5.41, 5.74) is 6.20. The molecule has 34 heavy (non-hydrogen) atoms. The predicted octanol–water partition coefficient (Wildman–Crippen LogP) is 6.27. The lowest BCUT2D eigenvalue weighted by atomic mass is 9.96. The molecule has 0 aliphatic carbocycles. The molecular formula is C29H28N2O3. The number of anilines is 1. The van der Waals surface area contributed by atoms with Crippen LogP contribution in [-0.2, 0) is 4.79 Å². The third-order valence-corrected chi connectivity index (χ3v) is 6.56. The zero-order valence-electron chi connectivity index (χ0n) is 19.3. The number of para-hydroxylation sites is 2. The second-order valence-electron chi connectivity index (χ2n) is 8.65. The summed E-state index contributed by atoms with van der Waals surface area (Å²) in [7, 11) is 0. The Labute approximate surface area is 199 Å². The molecule has 4 aromatic rings. The highest BCUT2D eigenvalue weighted by Crippen LogP contribution is 2.35. The van der Waals surface area contributed by atoms with Gasteiger partial charge in [-0.15, -0.1) is 0 Å². The van der Waals surface area contributed by atoms with Crippen LogP contribution in [0.1, 0.15) is 19.8 Å². The van der Waals surface area contributed by atoms with E-state index < -0.39 is 5.97 Å². The van der Waals surface area contributed by atoms with Crippen molar-refractivity contribution in [2.24, 2.45) is 5.92 Å². The SMILES string of the molecule is CCOc1ccccc1-c1ccc(-c2cc(N3CCC(C(=O)O)CC3)c3ccccc3n2)cc1. The molecule has 172 valence electrons. The molecule has 0 bridgehead atoms. The van der Waals surface area contributed by atoms with Crippen molar-refractivity contribution >= 4 is 22.6 Å². The van der Waals surface area contributed by atoms with E-state index in [1.54, 1.807) is 0 Å². The summed E-state index contributed by atoms with van der Waals surface area (Å²) >= 11 is 0. The third-order valence-electron chi connectivity index (χ3n) is 6.56. The van der Waals surface area contributed by atoms with Crippen molar-refractivity contribution in [1.82, 2.24) is 4.98 Å². The molecule has 1 fully saturated rings. The van der Waals surface area contributed by atoms with Crippen molar-refractivity contribution in [3.05, 3.63) is 78.9 Å². The van der Waals surface area contributed by atoms with Crippen molar-refractivity contribution in [3.63, 3.8) is 0 Å². The van der Waals surface area contributed by atoms with Crippen LogP contribution in [0.15, 0.2) is 78.9 Å². The zero-order valence-corrected chi connectivity index (χ0v) is 19.3. The van der Waals surface area contributed by atoms with E-state index in [0.717, 1.165) is 57.8 Å². The van der Waals surface area contributed by atoms with E-state index in [1.807, 2.05) is 43.3 Å². The molecule has 0 saturated carbocycles. The predicted molar refractivity (Wildman–Crippen MR) is 136 cm³/mol. The number of carboxylic acids is 1. The highest BCUT2D eigenvalue weighted by molar-refractivity contribution is 5.94. The van der Waals surface area contributed by atoms with Crippen LogP contribution in [-0.4, -0.2) is 35.8 Å². The van der Waals surface area contributed by atoms with Gasteiger partial charge in [-0.25, -0.2) is 4.98 Å². The van der Waals surface area contributed by atoms with Gasteiger partial charge in [-0.2, -0.15) is 0 Å². The van der Waals surface area contributed by atoms with Crippen LogP contribution in [0, 0.1) is 5.92 Å². The second kappa shape index (κ2) is 9.56. The van der Waals surface area contributed by atoms with Gasteiger partial charge in [0.1, 0.15) is 5.75 Å². The van der Waals surface area contributed by atoms with Crippen molar-refractivity contribution in [2.75, 3.05) is 24.6 Å². The Hall–Kier alpha value is -3.86. The van der Waals surface area contributed by atoms with E-state index in [0.29, 0.717) is 19.4 Å². The Bertz CT molecular complexity index is 1310. The standard InChI is InChI=1S/C29H28N2O3/c1-2-34-28-10-6-4-7-23(28)20-11-13-21(14-12-20)26-19-27(24-8-3-5-9-25(24)30-26)31-17-15-22(16-18-31)29(32)33/h3-14,19,22H,2,15-18H2,1H3,(H,32,33). The molecule has 5 rings (SSSR count). The normalized spacial score (nSPS) is 14.3. The summed E-state index contributed by atoms with van der Waals surface area (Å²) in [5.74, 6) is -0.0597. The van der Waals surface area contributed by atoms with Crippen molar-refractivity contribution in [3.8, 4) is 28.1 Å². The highest BCUT2D eigenvalue weighted by Gasteiger charge is 2.25. The number of ether oxygens (including phenoxy) is 1. The van der Waals surface area contributed by atoms with E-state index >= 15 is 0 Å². The Balaban J connectivity index is 1.49. The summed E-state index contributed by atoms with van der Waals surface area (Å²) in [5, 5.41) is 10.5. The summed E-state index contributed by atoms with van der Waals surface area (Å²) in [6, 6.07) is 26.8. The first-order valence-electron chi connectivity index (χ1n) is 11.8. The Morgan fingerprint density at radius 1 is 0.971 bits per heavy atom. The monoisotopic (exact) mass is 452 g/mol. The molecule has 1 aliphatic rings. The van der Waals surface area contributed by atoms with Gasteiger partial charge in [-0.05, 0) is 43.5 Å². The summed E-state index contributed by atoms with van der Waals surface area (Å²) in [6.07, 6.45) is 1.32. The number of rotatable bonds is 6. The minimum Gasteiger partial charge on any atom is -0.493 e. The van der Waals surface area contributed by atoms with Gasteiger partial charge in [0.15, 0.2) is 0 Å². The van der Waals surface area contributed by atoms with Gasteiger partial charge < -0.3 is 14.7 Å². The summed E-state index contributed by atoms with van der Waals surface area (Å²) in [4.78, 5) is 18.7. The first-order chi connectivity index (χ1) is 16.6. The molecule has 0 radical (unpaired) electrons. The van der Waals surface area contributed by atoms with Crippen LogP contribution in [0.2, 0.25) is 0 Å². The van der Waals surface area contributed by atoms with Crippen molar-refractivity contribution in [2.45, 2.75) is 19.8 Å². The lowest BCUT2D eigenvalue weighted by Gasteiger charge is -2.33. The fraction of sp³-hybridized carbons (Fsp3) is 0.241. The fourth-order valence-corrected chi connectivity index (χ4v) is 4.74. The maximum atomic E-state index is 11.4. The molecule has 1 aliphatic heterocycles. The maximum absolute atomic E-state index is 11.4. The average Bonchev–Trinajstić information content (AvgIpc) is 2.89. The highest BCUT2D eigenvalue weighted by atomic mass is 16.5. The number of hydrogen-bond acceptors (Lipinski definition) is 4. The van der Waals surface area contributed by atoms with Gasteiger partial charge in [0.05, 0.1) is 23.7 Å². The van der Waals surface area contributed by atoms with Gasteiger partial charge in [-0.1, -0.05) is 60.7 Å². The maximum Gasteiger partial charge on any atom is 0.306 e. The number of benzene rings is 3. The van der Waals surface area contributed by atoms with Gasteiger partial charge in [0.2, 0.25) is 0 Å². The van der Waals surface area contributed by atoms with Crippen LogP contribution in [0.3, 0.4) is 0 Å². The molecule has 3 aromatic carbocycles.